The molecule has 1 aromatic carbocycles. The van der Waals surface area contributed by atoms with Crippen molar-refractivity contribution in [2.24, 2.45) is 0 Å². The predicted octanol–water partition coefficient (Wildman–Crippen LogP) is 1.77. The number of nitrogens with zero attached hydrogens (tertiary/aromatic N) is 2. The van der Waals surface area contributed by atoms with Gasteiger partial charge in [0.05, 0.1) is 12.7 Å². The van der Waals surface area contributed by atoms with Gasteiger partial charge in [-0.1, -0.05) is 12.1 Å². The Hall–Kier alpha value is -1.84. The van der Waals surface area contributed by atoms with E-state index < -0.39 is 0 Å². The lowest BCUT2D eigenvalue weighted by Crippen LogP contribution is -2.14. The van der Waals surface area contributed by atoms with E-state index in [1.165, 1.54) is 12.1 Å². The molecular weight excluding hydrogens is 181 g/mol. The van der Waals surface area contributed by atoms with Crippen LogP contribution in [0.1, 0.15) is 5.56 Å². The van der Waals surface area contributed by atoms with E-state index in [1.807, 2.05) is 12.3 Å². The lowest BCUT2D eigenvalue weighted by Gasteiger charge is -2.05. The molecule has 4 heteroatoms. The van der Waals surface area contributed by atoms with Crippen LogP contribution in [0.25, 0.3) is 0 Å². The molecule has 0 amide bonds. The Kier molecular flexibility index (Phi) is 2.44. The van der Waals surface area contributed by atoms with E-state index in [-0.39, 0.29) is 5.82 Å². The first-order chi connectivity index (χ1) is 6.84. The molecule has 0 aliphatic heterocycles. The Morgan fingerprint density at radius 2 is 2.07 bits per heavy atom. The summed E-state index contributed by atoms with van der Waals surface area (Å²) in [6, 6.07) is 8.20. The van der Waals surface area contributed by atoms with E-state index >= 15 is 0 Å². The molecule has 1 aromatic heterocycles. The quantitative estimate of drug-likeness (QED) is 0.801. The number of nitrogens with one attached hydrogen (secondary N) is 1. The van der Waals surface area contributed by atoms with E-state index in [1.54, 1.807) is 23.1 Å². The van der Waals surface area contributed by atoms with Gasteiger partial charge in [0, 0.05) is 6.20 Å². The third-order valence-electron chi connectivity index (χ3n) is 1.86. The zero-order valence-corrected chi connectivity index (χ0v) is 7.52. The topological polar surface area (TPSA) is 29.9 Å². The van der Waals surface area contributed by atoms with Gasteiger partial charge in [0.25, 0.3) is 0 Å². The van der Waals surface area contributed by atoms with Crippen LogP contribution >= 0.6 is 0 Å². The second-order valence-electron chi connectivity index (χ2n) is 2.91. The minimum absolute atomic E-state index is 0.215. The van der Waals surface area contributed by atoms with Gasteiger partial charge in [-0.3, -0.25) is 0 Å². The molecule has 0 unspecified atom stereocenters. The van der Waals surface area contributed by atoms with Crippen molar-refractivity contribution in [3.63, 3.8) is 0 Å². The van der Waals surface area contributed by atoms with Crippen molar-refractivity contribution in [2.75, 3.05) is 5.43 Å². The molecular formula is C10H10FN3. The molecule has 0 bridgehead atoms. The van der Waals surface area contributed by atoms with Gasteiger partial charge in [-0.05, 0) is 23.8 Å². The highest BCUT2D eigenvalue weighted by Crippen LogP contribution is 2.02. The SMILES string of the molecule is Fc1ccc(CNn2cccn2)cc1. The second-order valence-corrected chi connectivity index (χ2v) is 2.91. The van der Waals surface area contributed by atoms with Crippen LogP contribution in [0.5, 0.6) is 0 Å². The second kappa shape index (κ2) is 3.91. The van der Waals surface area contributed by atoms with E-state index in [4.69, 9.17) is 0 Å². The van der Waals surface area contributed by atoms with Gasteiger partial charge in [-0.25, -0.2) is 4.39 Å². The molecule has 2 rings (SSSR count). The number of rotatable bonds is 3. The maximum Gasteiger partial charge on any atom is 0.123 e. The lowest BCUT2D eigenvalue weighted by molar-refractivity contribution is 0.626. The smallest absolute Gasteiger partial charge is 0.123 e. The monoisotopic (exact) mass is 191 g/mol. The summed E-state index contributed by atoms with van der Waals surface area (Å²) in [7, 11) is 0. The molecule has 1 heterocycles. The fourth-order valence-electron chi connectivity index (χ4n) is 1.14. The molecule has 0 saturated carbocycles. The van der Waals surface area contributed by atoms with Crippen LogP contribution in [0.4, 0.5) is 4.39 Å². The zero-order chi connectivity index (χ0) is 9.80. The fourth-order valence-corrected chi connectivity index (χ4v) is 1.14. The minimum Gasteiger partial charge on any atom is -0.306 e. The highest BCUT2D eigenvalue weighted by molar-refractivity contribution is 5.16. The maximum absolute atomic E-state index is 12.6. The van der Waals surface area contributed by atoms with Crippen LogP contribution in [0.3, 0.4) is 0 Å². The highest BCUT2D eigenvalue weighted by Gasteiger charge is 1.93. The lowest BCUT2D eigenvalue weighted by atomic mass is 10.2. The summed E-state index contributed by atoms with van der Waals surface area (Å²) >= 11 is 0. The molecule has 0 aliphatic carbocycles. The van der Waals surface area contributed by atoms with Gasteiger partial charge < -0.3 is 5.43 Å². The first kappa shape index (κ1) is 8.74. The molecule has 72 valence electrons. The fraction of sp³-hybridized carbons (Fsp3) is 0.100. The summed E-state index contributed by atoms with van der Waals surface area (Å²) < 4.78 is 12.6. The van der Waals surface area contributed by atoms with Crippen molar-refractivity contribution >= 4 is 0 Å². The van der Waals surface area contributed by atoms with Gasteiger partial charge in [-0.2, -0.15) is 9.89 Å². The predicted molar refractivity (Wildman–Crippen MR) is 51.7 cm³/mol. The first-order valence-electron chi connectivity index (χ1n) is 4.32. The van der Waals surface area contributed by atoms with Crippen molar-refractivity contribution in [1.29, 1.82) is 0 Å². The normalized spacial score (nSPS) is 10.1. The molecule has 0 saturated heterocycles. The van der Waals surface area contributed by atoms with E-state index in [0.29, 0.717) is 6.54 Å². The molecule has 3 nitrogen and oxygen atoms in total. The van der Waals surface area contributed by atoms with Crippen molar-refractivity contribution < 1.29 is 4.39 Å². The van der Waals surface area contributed by atoms with Crippen LogP contribution in [0, 0.1) is 5.82 Å². The largest absolute Gasteiger partial charge is 0.306 e. The Labute approximate surface area is 81.1 Å². The standard InChI is InChI=1S/C10H10FN3/c11-10-4-2-9(3-5-10)8-13-14-7-1-6-12-14/h1-7,13H,8H2. The molecule has 14 heavy (non-hydrogen) atoms. The molecule has 0 radical (unpaired) electrons. The Bertz CT molecular complexity index is 380. The van der Waals surface area contributed by atoms with Crippen molar-refractivity contribution in [3.05, 3.63) is 54.1 Å². The third-order valence-corrected chi connectivity index (χ3v) is 1.86. The Morgan fingerprint density at radius 3 is 2.71 bits per heavy atom. The number of benzene rings is 1. The zero-order valence-electron chi connectivity index (χ0n) is 7.52. The van der Waals surface area contributed by atoms with E-state index in [9.17, 15) is 4.39 Å². The third kappa shape index (κ3) is 2.10. The van der Waals surface area contributed by atoms with Gasteiger partial charge in [0.1, 0.15) is 5.82 Å². The van der Waals surface area contributed by atoms with Gasteiger partial charge >= 0.3 is 0 Å². The first-order valence-corrected chi connectivity index (χ1v) is 4.32. The average molecular weight is 191 g/mol. The Balaban J connectivity index is 1.95. The van der Waals surface area contributed by atoms with Gasteiger partial charge in [0.2, 0.25) is 0 Å². The average Bonchev–Trinajstić information content (AvgIpc) is 2.70. The van der Waals surface area contributed by atoms with E-state index in [0.717, 1.165) is 5.56 Å². The molecule has 0 atom stereocenters. The Morgan fingerprint density at radius 1 is 1.29 bits per heavy atom. The summed E-state index contributed by atoms with van der Waals surface area (Å²) in [4.78, 5) is 1.61. The highest BCUT2D eigenvalue weighted by atomic mass is 19.1. The van der Waals surface area contributed by atoms with Crippen LogP contribution in [0.2, 0.25) is 0 Å². The molecule has 1 N–H and O–H groups in total. The van der Waals surface area contributed by atoms with Crippen molar-refractivity contribution in [1.82, 2.24) is 9.89 Å². The van der Waals surface area contributed by atoms with Crippen molar-refractivity contribution in [3.8, 4) is 0 Å². The van der Waals surface area contributed by atoms with Crippen LogP contribution < -0.4 is 5.43 Å². The summed E-state index contributed by atoms with van der Waals surface area (Å²) in [6.45, 7) is 0.627. The van der Waals surface area contributed by atoms with Gasteiger partial charge in [0.15, 0.2) is 0 Å². The minimum atomic E-state index is -0.215. The molecule has 0 spiro atoms. The van der Waals surface area contributed by atoms with Crippen LogP contribution in [0.15, 0.2) is 42.7 Å². The summed E-state index contributed by atoms with van der Waals surface area (Å²) in [5.74, 6) is -0.215. The van der Waals surface area contributed by atoms with Crippen molar-refractivity contribution in [2.45, 2.75) is 6.54 Å². The number of hydrogen-bond acceptors (Lipinski definition) is 2. The molecule has 2 aromatic rings. The maximum atomic E-state index is 12.6. The molecule has 0 fully saturated rings. The summed E-state index contributed by atoms with van der Waals surface area (Å²) in [5, 5.41) is 3.98. The number of aromatic nitrogens is 2. The van der Waals surface area contributed by atoms with Crippen LogP contribution in [-0.2, 0) is 6.54 Å². The number of hydrogen-bond donors (Lipinski definition) is 1. The van der Waals surface area contributed by atoms with E-state index in [2.05, 4.69) is 10.5 Å². The summed E-state index contributed by atoms with van der Waals surface area (Å²) in [5.41, 5.74) is 4.06. The summed E-state index contributed by atoms with van der Waals surface area (Å²) in [6.07, 6.45) is 3.50. The molecule has 0 aliphatic rings. The van der Waals surface area contributed by atoms with Crippen LogP contribution in [-0.4, -0.2) is 9.89 Å². The number of halogens is 1. The van der Waals surface area contributed by atoms with Gasteiger partial charge in [-0.15, -0.1) is 0 Å².